The lowest BCUT2D eigenvalue weighted by molar-refractivity contribution is 0.0928. The normalized spacial score (nSPS) is 18.8. The molecule has 0 saturated heterocycles. The number of nitrogens with one attached hydrogen (secondary N) is 2. The average Bonchev–Trinajstić information content (AvgIpc) is 3.26. The SMILES string of the molecule is O=C(N[C@H]1CC[C@@H](Nc2cccc3nc(C(F)F)cn23)CC1)c1cccc2cccnc12. The van der Waals surface area contributed by atoms with Crippen molar-refractivity contribution in [3.05, 3.63) is 72.2 Å². The fraction of sp³-hybridized carbons (Fsp3) is 0.292. The molecule has 164 valence electrons. The maximum atomic E-state index is 13.0. The number of aromatic nitrogens is 3. The maximum Gasteiger partial charge on any atom is 0.281 e. The second kappa shape index (κ2) is 8.53. The van der Waals surface area contributed by atoms with Gasteiger partial charge in [-0.25, -0.2) is 13.8 Å². The van der Waals surface area contributed by atoms with Crippen molar-refractivity contribution in [3.63, 3.8) is 0 Å². The summed E-state index contributed by atoms with van der Waals surface area (Å²) < 4.78 is 27.7. The van der Waals surface area contributed by atoms with Gasteiger partial charge in [0, 0.05) is 29.9 Å². The highest BCUT2D eigenvalue weighted by Gasteiger charge is 2.24. The van der Waals surface area contributed by atoms with Gasteiger partial charge in [0.15, 0.2) is 0 Å². The van der Waals surface area contributed by atoms with Gasteiger partial charge in [-0.1, -0.05) is 24.3 Å². The molecule has 1 amide bonds. The van der Waals surface area contributed by atoms with E-state index in [0.717, 1.165) is 36.9 Å². The lowest BCUT2D eigenvalue weighted by atomic mass is 9.91. The monoisotopic (exact) mass is 435 g/mol. The topological polar surface area (TPSA) is 71.3 Å². The van der Waals surface area contributed by atoms with Gasteiger partial charge in [-0.3, -0.25) is 14.2 Å². The van der Waals surface area contributed by atoms with Crippen LogP contribution in [0.1, 0.15) is 48.2 Å². The van der Waals surface area contributed by atoms with Crippen molar-refractivity contribution in [2.24, 2.45) is 0 Å². The van der Waals surface area contributed by atoms with Crippen molar-refractivity contribution in [3.8, 4) is 0 Å². The van der Waals surface area contributed by atoms with Crippen LogP contribution in [0, 0.1) is 0 Å². The van der Waals surface area contributed by atoms with Crippen LogP contribution in [-0.2, 0) is 0 Å². The molecule has 6 nitrogen and oxygen atoms in total. The molecule has 8 heteroatoms. The molecule has 0 radical (unpaired) electrons. The number of carbonyl (C=O) groups is 1. The molecule has 0 bridgehead atoms. The first kappa shape index (κ1) is 20.4. The Morgan fingerprint density at radius 3 is 2.56 bits per heavy atom. The van der Waals surface area contributed by atoms with Gasteiger partial charge in [-0.05, 0) is 49.9 Å². The number of nitrogens with zero attached hydrogens (tertiary/aromatic N) is 3. The quantitative estimate of drug-likeness (QED) is 0.464. The molecule has 3 aromatic heterocycles. The summed E-state index contributed by atoms with van der Waals surface area (Å²) in [6.45, 7) is 0. The van der Waals surface area contributed by atoms with Crippen LogP contribution >= 0.6 is 0 Å². The van der Waals surface area contributed by atoms with Crippen LogP contribution in [0.3, 0.4) is 0 Å². The predicted molar refractivity (Wildman–Crippen MR) is 119 cm³/mol. The minimum atomic E-state index is -2.60. The zero-order chi connectivity index (χ0) is 22.1. The van der Waals surface area contributed by atoms with E-state index in [9.17, 15) is 13.6 Å². The lowest BCUT2D eigenvalue weighted by Gasteiger charge is -2.30. The molecule has 1 aliphatic carbocycles. The maximum absolute atomic E-state index is 13.0. The number of pyridine rings is 2. The minimum Gasteiger partial charge on any atom is -0.368 e. The van der Waals surface area contributed by atoms with E-state index >= 15 is 0 Å². The van der Waals surface area contributed by atoms with Gasteiger partial charge in [0.25, 0.3) is 12.3 Å². The second-order valence-corrected chi connectivity index (χ2v) is 8.15. The number of halogens is 2. The summed E-state index contributed by atoms with van der Waals surface area (Å²) in [7, 11) is 0. The van der Waals surface area contributed by atoms with E-state index in [1.54, 1.807) is 22.7 Å². The Bertz CT molecular complexity index is 1260. The summed E-state index contributed by atoms with van der Waals surface area (Å²) in [5, 5.41) is 7.55. The van der Waals surface area contributed by atoms with Crippen molar-refractivity contribution in [2.75, 3.05) is 5.32 Å². The molecule has 2 N–H and O–H groups in total. The number of anilines is 1. The fourth-order valence-corrected chi connectivity index (χ4v) is 4.39. The number of para-hydroxylation sites is 1. The number of alkyl halides is 2. The van der Waals surface area contributed by atoms with Crippen molar-refractivity contribution in [2.45, 2.75) is 44.2 Å². The highest BCUT2D eigenvalue weighted by Crippen LogP contribution is 2.25. The Labute approximate surface area is 183 Å². The molecule has 4 aromatic rings. The Hall–Kier alpha value is -3.55. The number of hydrogen-bond donors (Lipinski definition) is 2. The summed E-state index contributed by atoms with van der Waals surface area (Å²) in [5.41, 5.74) is 1.56. The predicted octanol–water partition coefficient (Wildman–Crippen LogP) is 4.97. The van der Waals surface area contributed by atoms with E-state index in [1.165, 1.54) is 6.20 Å². The van der Waals surface area contributed by atoms with Gasteiger partial charge < -0.3 is 10.6 Å². The lowest BCUT2D eigenvalue weighted by Crippen LogP contribution is -2.40. The molecule has 32 heavy (non-hydrogen) atoms. The molecule has 3 heterocycles. The summed E-state index contributed by atoms with van der Waals surface area (Å²) in [6, 6.07) is 15.1. The first-order valence-electron chi connectivity index (χ1n) is 10.8. The molecule has 1 fully saturated rings. The van der Waals surface area contributed by atoms with Crippen molar-refractivity contribution in [1.29, 1.82) is 0 Å². The Kier molecular flexibility index (Phi) is 5.43. The van der Waals surface area contributed by atoms with Gasteiger partial charge >= 0.3 is 0 Å². The van der Waals surface area contributed by atoms with Crippen LogP contribution in [0.15, 0.2) is 60.9 Å². The van der Waals surface area contributed by atoms with E-state index in [-0.39, 0.29) is 23.7 Å². The number of amides is 1. The number of benzene rings is 1. The van der Waals surface area contributed by atoms with Crippen LogP contribution in [0.4, 0.5) is 14.6 Å². The fourth-order valence-electron chi connectivity index (χ4n) is 4.39. The molecule has 1 aromatic carbocycles. The van der Waals surface area contributed by atoms with Gasteiger partial charge in [0.05, 0.1) is 11.1 Å². The Balaban J connectivity index is 1.22. The number of fused-ring (bicyclic) bond motifs is 2. The van der Waals surface area contributed by atoms with E-state index in [2.05, 4.69) is 20.6 Å². The largest absolute Gasteiger partial charge is 0.368 e. The highest BCUT2D eigenvalue weighted by molar-refractivity contribution is 6.05. The zero-order valence-corrected chi connectivity index (χ0v) is 17.3. The second-order valence-electron chi connectivity index (χ2n) is 8.15. The molecular formula is C24H23F2N5O. The molecular weight excluding hydrogens is 412 g/mol. The van der Waals surface area contributed by atoms with Crippen LogP contribution < -0.4 is 10.6 Å². The highest BCUT2D eigenvalue weighted by atomic mass is 19.3. The number of imidazole rings is 1. The van der Waals surface area contributed by atoms with Gasteiger partial charge in [0.1, 0.15) is 17.2 Å². The Morgan fingerprint density at radius 1 is 1.00 bits per heavy atom. The molecule has 1 saturated carbocycles. The van der Waals surface area contributed by atoms with Crippen LogP contribution in [0.2, 0.25) is 0 Å². The summed E-state index contributed by atoms with van der Waals surface area (Å²) >= 11 is 0. The van der Waals surface area contributed by atoms with E-state index in [0.29, 0.717) is 16.7 Å². The van der Waals surface area contributed by atoms with E-state index in [1.807, 2.05) is 36.4 Å². The van der Waals surface area contributed by atoms with Gasteiger partial charge in [-0.2, -0.15) is 0 Å². The summed E-state index contributed by atoms with van der Waals surface area (Å²) in [6.07, 6.45) is 3.89. The standard InChI is InChI=1S/C24H23F2N5O/c25-23(26)19-14-31-20(7-2-8-21(31)30-19)28-16-9-11-17(12-10-16)29-24(32)18-6-1-4-15-5-3-13-27-22(15)18/h1-8,13-14,16-17,23,28H,9-12H2,(H,29,32)/t16-,17+. The van der Waals surface area contributed by atoms with E-state index < -0.39 is 6.43 Å². The first-order valence-corrected chi connectivity index (χ1v) is 10.8. The first-order chi connectivity index (χ1) is 15.6. The number of rotatable bonds is 5. The average molecular weight is 435 g/mol. The molecule has 5 rings (SSSR count). The van der Waals surface area contributed by atoms with Gasteiger partial charge in [0.2, 0.25) is 0 Å². The van der Waals surface area contributed by atoms with Gasteiger partial charge in [-0.15, -0.1) is 0 Å². The third-order valence-corrected chi connectivity index (χ3v) is 6.03. The molecule has 0 atom stereocenters. The van der Waals surface area contributed by atoms with Crippen LogP contribution in [-0.4, -0.2) is 32.4 Å². The third-order valence-electron chi connectivity index (χ3n) is 6.03. The summed E-state index contributed by atoms with van der Waals surface area (Å²) in [4.78, 5) is 21.2. The Morgan fingerprint density at radius 2 is 1.75 bits per heavy atom. The van der Waals surface area contributed by atoms with Crippen molar-refractivity contribution in [1.82, 2.24) is 19.7 Å². The summed E-state index contributed by atoms with van der Waals surface area (Å²) in [5.74, 6) is 0.643. The number of hydrogen-bond acceptors (Lipinski definition) is 4. The third kappa shape index (κ3) is 4.00. The smallest absolute Gasteiger partial charge is 0.281 e. The number of carbonyl (C=O) groups excluding carboxylic acids is 1. The molecule has 1 aliphatic rings. The van der Waals surface area contributed by atoms with Crippen molar-refractivity contribution < 1.29 is 13.6 Å². The minimum absolute atomic E-state index is 0.0917. The van der Waals surface area contributed by atoms with E-state index in [4.69, 9.17) is 0 Å². The molecule has 0 spiro atoms. The van der Waals surface area contributed by atoms with Crippen LogP contribution in [0.5, 0.6) is 0 Å². The zero-order valence-electron chi connectivity index (χ0n) is 17.3. The molecule has 0 unspecified atom stereocenters. The molecule has 0 aliphatic heterocycles. The van der Waals surface area contributed by atoms with Crippen LogP contribution in [0.25, 0.3) is 16.6 Å². The van der Waals surface area contributed by atoms with Crippen molar-refractivity contribution >= 4 is 28.3 Å².